The molecule has 0 radical (unpaired) electrons. The minimum Gasteiger partial charge on any atom is -0.322 e. The molecule has 4 rings (SSSR count). The molecule has 3 heterocycles. The Morgan fingerprint density at radius 2 is 1.84 bits per heavy atom. The number of nitrogens with one attached hydrogen (secondary N) is 1. The Kier molecular flexibility index (Phi) is 5.73. The first-order chi connectivity index (χ1) is 14.7. The van der Waals surface area contributed by atoms with Gasteiger partial charge in [0.05, 0.1) is 5.54 Å². The number of nitrogens with zero attached hydrogens (tertiary/aromatic N) is 5. The molecular weight excluding hydrogens is 388 g/mol. The van der Waals surface area contributed by atoms with Crippen LogP contribution >= 0.6 is 0 Å². The molecule has 1 atom stereocenters. The van der Waals surface area contributed by atoms with Crippen LogP contribution in [0.4, 0.5) is 0 Å². The number of pyridine rings is 1. The fourth-order valence-corrected chi connectivity index (χ4v) is 4.43. The Labute approximate surface area is 183 Å². The zero-order valence-electron chi connectivity index (χ0n) is 19.6. The molecule has 1 N–H and O–H groups in total. The van der Waals surface area contributed by atoms with E-state index in [1.165, 1.54) is 11.1 Å². The van der Waals surface area contributed by atoms with E-state index >= 15 is 0 Å². The summed E-state index contributed by atoms with van der Waals surface area (Å²) in [5, 5.41) is 13.9. The van der Waals surface area contributed by atoms with Crippen LogP contribution < -0.4 is 5.56 Å². The van der Waals surface area contributed by atoms with Crippen molar-refractivity contribution in [3.05, 3.63) is 51.1 Å². The molecule has 166 valence electrons. The van der Waals surface area contributed by atoms with E-state index in [9.17, 15) is 4.79 Å². The van der Waals surface area contributed by atoms with E-state index in [2.05, 4.69) is 79.1 Å². The number of hydrogen-bond donors (Lipinski definition) is 1. The van der Waals surface area contributed by atoms with Gasteiger partial charge >= 0.3 is 0 Å². The van der Waals surface area contributed by atoms with Crippen molar-refractivity contribution in [2.45, 2.75) is 72.4 Å². The summed E-state index contributed by atoms with van der Waals surface area (Å²) in [6.45, 7) is 14.7. The molecule has 0 bridgehead atoms. The number of tetrazole rings is 1. The van der Waals surface area contributed by atoms with Gasteiger partial charge in [0.15, 0.2) is 5.82 Å². The van der Waals surface area contributed by atoms with Crippen LogP contribution in [0.15, 0.2) is 23.0 Å². The molecule has 0 saturated carbocycles. The molecule has 0 amide bonds. The Morgan fingerprint density at radius 3 is 2.52 bits per heavy atom. The fourth-order valence-electron chi connectivity index (χ4n) is 4.43. The van der Waals surface area contributed by atoms with Crippen molar-refractivity contribution in [2.24, 2.45) is 5.92 Å². The lowest BCUT2D eigenvalue weighted by atomic mass is 9.94. The van der Waals surface area contributed by atoms with Gasteiger partial charge in [-0.1, -0.05) is 13.8 Å². The summed E-state index contributed by atoms with van der Waals surface area (Å²) < 4.78 is 1.92. The van der Waals surface area contributed by atoms with Gasteiger partial charge in [-0.15, -0.1) is 5.10 Å². The maximum absolute atomic E-state index is 13.3. The maximum atomic E-state index is 13.3. The molecule has 1 fully saturated rings. The van der Waals surface area contributed by atoms with Gasteiger partial charge in [0.2, 0.25) is 0 Å². The molecule has 1 aromatic carbocycles. The SMILES string of the molecule is CCC(C)(C)n1nnnc1[C@@H](c1cc2cc(C)c(C)cc2[nH]c1=O)N1CCC(C)CC1. The van der Waals surface area contributed by atoms with Gasteiger partial charge in [0.25, 0.3) is 5.56 Å². The number of aromatic nitrogens is 5. The molecule has 3 aromatic rings. The van der Waals surface area contributed by atoms with Crippen LogP contribution in [0, 0.1) is 19.8 Å². The molecule has 7 heteroatoms. The minimum atomic E-state index is -0.275. The molecule has 0 aliphatic carbocycles. The van der Waals surface area contributed by atoms with Crippen molar-refractivity contribution in [2.75, 3.05) is 13.1 Å². The number of H-pyrrole nitrogens is 1. The summed E-state index contributed by atoms with van der Waals surface area (Å²) in [5.41, 5.74) is 3.67. The van der Waals surface area contributed by atoms with Crippen LogP contribution in [0.5, 0.6) is 0 Å². The Balaban J connectivity index is 1.90. The molecule has 31 heavy (non-hydrogen) atoms. The topological polar surface area (TPSA) is 79.7 Å². The largest absolute Gasteiger partial charge is 0.322 e. The second-order valence-corrected chi connectivity index (χ2v) is 9.81. The van der Waals surface area contributed by atoms with Crippen LogP contribution in [-0.4, -0.2) is 43.2 Å². The number of hydrogen-bond acceptors (Lipinski definition) is 5. The van der Waals surface area contributed by atoms with Gasteiger partial charge in [-0.3, -0.25) is 9.69 Å². The maximum Gasteiger partial charge on any atom is 0.253 e. The van der Waals surface area contributed by atoms with Crippen LogP contribution in [0.25, 0.3) is 10.9 Å². The fraction of sp³-hybridized carbons (Fsp3) is 0.583. The highest BCUT2D eigenvalue weighted by Gasteiger charge is 2.35. The Morgan fingerprint density at radius 1 is 1.16 bits per heavy atom. The second kappa shape index (κ2) is 8.19. The van der Waals surface area contributed by atoms with E-state index in [4.69, 9.17) is 0 Å². The second-order valence-electron chi connectivity index (χ2n) is 9.81. The molecule has 2 aromatic heterocycles. The van der Waals surface area contributed by atoms with Gasteiger partial charge < -0.3 is 4.98 Å². The van der Waals surface area contributed by atoms with Crippen LogP contribution in [0.2, 0.25) is 0 Å². The summed E-state index contributed by atoms with van der Waals surface area (Å²) in [5.74, 6) is 1.44. The normalized spacial score (nSPS) is 17.4. The van der Waals surface area contributed by atoms with Crippen molar-refractivity contribution >= 4 is 10.9 Å². The zero-order chi connectivity index (χ0) is 22.3. The average molecular weight is 423 g/mol. The van der Waals surface area contributed by atoms with Crippen molar-refractivity contribution in [3.8, 4) is 0 Å². The summed E-state index contributed by atoms with van der Waals surface area (Å²) in [6.07, 6.45) is 3.11. The highest BCUT2D eigenvalue weighted by Crippen LogP contribution is 2.33. The van der Waals surface area contributed by atoms with Gasteiger partial charge in [0.1, 0.15) is 6.04 Å². The standard InChI is InChI=1S/C24H34N6O/c1-7-24(5,6)30-22(26-27-28-30)21(29-10-8-15(2)9-11-29)19-14-18-12-16(3)17(4)13-20(18)25-23(19)31/h12-15,21H,7-11H2,1-6H3,(H,25,31)/t21-/m1/s1. The van der Waals surface area contributed by atoms with E-state index in [1.807, 2.05) is 10.7 Å². The molecule has 0 unspecified atom stereocenters. The number of fused-ring (bicyclic) bond motifs is 1. The first kappa shape index (κ1) is 21.7. The van der Waals surface area contributed by atoms with Crippen molar-refractivity contribution in [1.29, 1.82) is 0 Å². The Bertz CT molecular complexity index is 1140. The number of rotatable bonds is 5. The van der Waals surface area contributed by atoms with E-state index in [-0.39, 0.29) is 17.1 Å². The third-order valence-corrected chi connectivity index (χ3v) is 7.14. The lowest BCUT2D eigenvalue weighted by Gasteiger charge is -2.37. The number of aryl methyl sites for hydroxylation is 2. The van der Waals surface area contributed by atoms with Crippen molar-refractivity contribution < 1.29 is 0 Å². The van der Waals surface area contributed by atoms with Crippen molar-refractivity contribution in [3.63, 3.8) is 0 Å². The van der Waals surface area contributed by atoms with Crippen LogP contribution in [0.1, 0.15) is 75.5 Å². The van der Waals surface area contributed by atoms with E-state index in [0.717, 1.165) is 49.1 Å². The molecular formula is C24H34N6O. The van der Waals surface area contributed by atoms with E-state index in [1.54, 1.807) is 0 Å². The van der Waals surface area contributed by atoms with Crippen molar-refractivity contribution in [1.82, 2.24) is 30.1 Å². The first-order valence-electron chi connectivity index (χ1n) is 11.4. The van der Waals surface area contributed by atoms with E-state index in [0.29, 0.717) is 11.5 Å². The Hall–Kier alpha value is -2.54. The van der Waals surface area contributed by atoms with Gasteiger partial charge in [0, 0.05) is 11.1 Å². The predicted molar refractivity (Wildman–Crippen MR) is 123 cm³/mol. The van der Waals surface area contributed by atoms with Gasteiger partial charge in [-0.2, -0.15) is 0 Å². The summed E-state index contributed by atoms with van der Waals surface area (Å²) in [7, 11) is 0. The predicted octanol–water partition coefficient (Wildman–Crippen LogP) is 4.10. The molecule has 0 spiro atoms. The highest BCUT2D eigenvalue weighted by molar-refractivity contribution is 5.81. The number of benzene rings is 1. The average Bonchev–Trinajstić information content (AvgIpc) is 3.22. The molecule has 7 nitrogen and oxygen atoms in total. The van der Waals surface area contributed by atoms with Crippen LogP contribution in [0.3, 0.4) is 0 Å². The summed E-state index contributed by atoms with van der Waals surface area (Å²) >= 11 is 0. The zero-order valence-corrected chi connectivity index (χ0v) is 19.6. The van der Waals surface area contributed by atoms with Crippen LogP contribution in [-0.2, 0) is 5.54 Å². The lowest BCUT2D eigenvalue weighted by molar-refractivity contribution is 0.143. The van der Waals surface area contributed by atoms with Gasteiger partial charge in [-0.25, -0.2) is 4.68 Å². The monoisotopic (exact) mass is 422 g/mol. The quantitative estimate of drug-likeness (QED) is 0.670. The first-order valence-corrected chi connectivity index (χ1v) is 11.4. The summed E-state index contributed by atoms with van der Waals surface area (Å²) in [6, 6.07) is 5.97. The molecule has 1 aliphatic rings. The van der Waals surface area contributed by atoms with Gasteiger partial charge in [-0.05, 0) is 111 Å². The minimum absolute atomic E-state index is 0.0665. The number of piperidine rings is 1. The summed E-state index contributed by atoms with van der Waals surface area (Å²) in [4.78, 5) is 18.9. The number of aromatic amines is 1. The third-order valence-electron chi connectivity index (χ3n) is 7.14. The molecule has 1 aliphatic heterocycles. The van der Waals surface area contributed by atoms with E-state index < -0.39 is 0 Å². The third kappa shape index (κ3) is 4.03. The molecule has 1 saturated heterocycles. The smallest absolute Gasteiger partial charge is 0.253 e. The lowest BCUT2D eigenvalue weighted by Crippen LogP contribution is -2.41. The number of likely N-dealkylation sites (tertiary alicyclic amines) is 1. The highest BCUT2D eigenvalue weighted by atomic mass is 16.1.